The van der Waals surface area contributed by atoms with Gasteiger partial charge in [0.1, 0.15) is 17.5 Å². The number of anilines is 1. The van der Waals surface area contributed by atoms with Crippen LogP contribution in [0.25, 0.3) is 33.5 Å². The predicted octanol–water partition coefficient (Wildman–Crippen LogP) is 4.84. The molecule has 0 radical (unpaired) electrons. The molecule has 0 aliphatic heterocycles. The number of nitrogens with zero attached hydrogens (tertiary/aromatic N) is 4. The molecule has 6 rings (SSSR count). The Hall–Kier alpha value is -4.67. The molecule has 1 fully saturated rings. The van der Waals surface area contributed by atoms with Crippen LogP contribution in [-0.2, 0) is 0 Å². The predicted molar refractivity (Wildman–Crippen MR) is 138 cm³/mol. The lowest BCUT2D eigenvalue weighted by atomic mass is 9.91. The molecule has 1 saturated carbocycles. The first-order valence-electron chi connectivity index (χ1n) is 12.4. The summed E-state index contributed by atoms with van der Waals surface area (Å²) in [5.74, 6) is -0.678. The van der Waals surface area contributed by atoms with E-state index in [1.807, 2.05) is 36.4 Å². The number of benzene rings is 2. The van der Waals surface area contributed by atoms with Crippen LogP contribution in [0.1, 0.15) is 36.2 Å². The maximum absolute atomic E-state index is 14.4. The molecule has 38 heavy (non-hydrogen) atoms. The molecule has 2 atom stereocenters. The van der Waals surface area contributed by atoms with Crippen molar-refractivity contribution >= 4 is 22.6 Å². The number of fused-ring (bicyclic) bond motifs is 1. The largest absolute Gasteiger partial charge is 0.367 e. The second-order valence-electron chi connectivity index (χ2n) is 9.37. The molecule has 11 heteroatoms. The fourth-order valence-electron chi connectivity index (χ4n) is 4.97. The lowest BCUT2D eigenvalue weighted by molar-refractivity contribution is 0.0921. The van der Waals surface area contributed by atoms with Crippen molar-refractivity contribution in [3.63, 3.8) is 0 Å². The van der Waals surface area contributed by atoms with Gasteiger partial charge in [0, 0.05) is 46.9 Å². The van der Waals surface area contributed by atoms with Crippen molar-refractivity contribution in [1.82, 2.24) is 35.7 Å². The Balaban J connectivity index is 1.31. The normalized spacial score (nSPS) is 17.4. The van der Waals surface area contributed by atoms with E-state index in [2.05, 4.69) is 31.0 Å². The van der Waals surface area contributed by atoms with Crippen molar-refractivity contribution in [2.24, 2.45) is 0 Å². The summed E-state index contributed by atoms with van der Waals surface area (Å²) in [4.78, 5) is 24.8. The van der Waals surface area contributed by atoms with Crippen LogP contribution in [-0.4, -0.2) is 48.4 Å². The van der Waals surface area contributed by atoms with E-state index in [1.54, 1.807) is 6.20 Å². The molecule has 3 aromatic heterocycles. The minimum atomic E-state index is -0.676. The summed E-state index contributed by atoms with van der Waals surface area (Å²) in [7, 11) is 0. The van der Waals surface area contributed by atoms with E-state index < -0.39 is 11.6 Å². The van der Waals surface area contributed by atoms with E-state index in [0.717, 1.165) is 30.9 Å². The second kappa shape index (κ2) is 10.0. The number of amides is 1. The molecule has 1 aliphatic carbocycles. The lowest BCUT2D eigenvalue weighted by Gasteiger charge is -2.30. The number of carbonyl (C=O) groups excluding carboxylic acids is 1. The average Bonchev–Trinajstić information content (AvgIpc) is 3.60. The van der Waals surface area contributed by atoms with Gasteiger partial charge in [-0.2, -0.15) is 15.4 Å². The highest BCUT2D eigenvalue weighted by molar-refractivity contribution is 5.94. The standard InChI is InChI=1S/C27H24F2N8O/c28-16-9-19-20(13-30-25(19)21(29)10-16)26-34-22(15-5-2-1-3-6-15)12-24(35-26)32-17-7-4-8-18(11-17)33-27(38)23-14-31-37-36-23/h1-3,5-6,9-10,12-14,17-18,30H,4,7-8,11H2,(H,33,38)(H,31,36,37)(H,32,34,35)/t17-,18+/m0/s1. The summed E-state index contributed by atoms with van der Waals surface area (Å²) in [5, 5.41) is 16.9. The molecule has 5 aromatic rings. The zero-order chi connectivity index (χ0) is 26.1. The highest BCUT2D eigenvalue weighted by Crippen LogP contribution is 2.32. The number of H-pyrrole nitrogens is 2. The Morgan fingerprint density at radius 1 is 1.03 bits per heavy atom. The van der Waals surface area contributed by atoms with Crippen LogP contribution in [0.5, 0.6) is 0 Å². The van der Waals surface area contributed by atoms with Crippen molar-refractivity contribution in [3.05, 3.63) is 78.3 Å². The topological polar surface area (TPSA) is 124 Å². The molecule has 3 heterocycles. The molecule has 0 bridgehead atoms. The van der Waals surface area contributed by atoms with Gasteiger partial charge in [-0.05, 0) is 31.7 Å². The smallest absolute Gasteiger partial charge is 0.273 e. The van der Waals surface area contributed by atoms with Crippen LogP contribution in [0, 0.1) is 11.6 Å². The van der Waals surface area contributed by atoms with Gasteiger partial charge in [-0.15, -0.1) is 0 Å². The van der Waals surface area contributed by atoms with Crippen molar-refractivity contribution in [2.75, 3.05) is 5.32 Å². The van der Waals surface area contributed by atoms with Crippen LogP contribution in [0.15, 0.2) is 60.9 Å². The summed E-state index contributed by atoms with van der Waals surface area (Å²) in [6.07, 6.45) is 6.37. The van der Waals surface area contributed by atoms with Crippen LogP contribution < -0.4 is 10.6 Å². The summed E-state index contributed by atoms with van der Waals surface area (Å²) >= 11 is 0. The van der Waals surface area contributed by atoms with Crippen LogP contribution in [0.2, 0.25) is 0 Å². The summed E-state index contributed by atoms with van der Waals surface area (Å²) in [6.45, 7) is 0. The molecule has 0 saturated heterocycles. The van der Waals surface area contributed by atoms with E-state index in [-0.39, 0.29) is 29.2 Å². The fourth-order valence-corrected chi connectivity index (χ4v) is 4.97. The molecule has 1 amide bonds. The van der Waals surface area contributed by atoms with Crippen molar-refractivity contribution in [3.8, 4) is 22.6 Å². The Labute approximate surface area is 216 Å². The first-order valence-corrected chi connectivity index (χ1v) is 12.4. The molecule has 1 aliphatic rings. The third-order valence-electron chi connectivity index (χ3n) is 6.75. The van der Waals surface area contributed by atoms with E-state index in [9.17, 15) is 13.6 Å². The van der Waals surface area contributed by atoms with E-state index in [1.165, 1.54) is 12.3 Å². The van der Waals surface area contributed by atoms with Gasteiger partial charge in [-0.3, -0.25) is 4.79 Å². The molecular formula is C27H24F2N8O. The van der Waals surface area contributed by atoms with Gasteiger partial charge in [0.05, 0.1) is 17.4 Å². The number of hydrogen-bond acceptors (Lipinski definition) is 6. The van der Waals surface area contributed by atoms with Gasteiger partial charge < -0.3 is 15.6 Å². The zero-order valence-electron chi connectivity index (χ0n) is 20.2. The molecule has 9 nitrogen and oxygen atoms in total. The number of rotatable bonds is 6. The van der Waals surface area contributed by atoms with Crippen LogP contribution in [0.3, 0.4) is 0 Å². The zero-order valence-corrected chi connectivity index (χ0v) is 20.2. The Morgan fingerprint density at radius 3 is 2.68 bits per heavy atom. The van der Waals surface area contributed by atoms with Gasteiger partial charge in [-0.1, -0.05) is 30.3 Å². The average molecular weight is 515 g/mol. The number of carbonyl (C=O) groups is 1. The SMILES string of the molecule is O=C(N[C@@H]1CCC[C@H](Nc2cc(-c3ccccc3)nc(-c3c[nH]c4c(F)cc(F)cc34)n2)C1)c1cn[nH]n1. The molecule has 0 unspecified atom stereocenters. The molecule has 4 N–H and O–H groups in total. The summed E-state index contributed by atoms with van der Waals surface area (Å²) in [6, 6.07) is 13.7. The molecule has 192 valence electrons. The first kappa shape index (κ1) is 23.7. The van der Waals surface area contributed by atoms with Gasteiger partial charge >= 0.3 is 0 Å². The van der Waals surface area contributed by atoms with Crippen molar-refractivity contribution in [1.29, 1.82) is 0 Å². The lowest BCUT2D eigenvalue weighted by Crippen LogP contribution is -2.42. The molecule has 0 spiro atoms. The minimum absolute atomic E-state index is 0.0279. The third kappa shape index (κ3) is 4.82. The highest BCUT2D eigenvalue weighted by Gasteiger charge is 2.25. The minimum Gasteiger partial charge on any atom is -0.367 e. The monoisotopic (exact) mass is 514 g/mol. The van der Waals surface area contributed by atoms with Crippen molar-refractivity contribution in [2.45, 2.75) is 37.8 Å². The van der Waals surface area contributed by atoms with Crippen LogP contribution >= 0.6 is 0 Å². The summed E-state index contributed by atoms with van der Waals surface area (Å²) < 4.78 is 28.4. The van der Waals surface area contributed by atoms with Crippen LogP contribution in [0.4, 0.5) is 14.6 Å². The van der Waals surface area contributed by atoms with Gasteiger partial charge in [0.25, 0.3) is 5.91 Å². The molecular weight excluding hydrogens is 490 g/mol. The van der Waals surface area contributed by atoms with Gasteiger partial charge in [0.15, 0.2) is 11.5 Å². The van der Waals surface area contributed by atoms with E-state index >= 15 is 0 Å². The number of hydrogen-bond donors (Lipinski definition) is 4. The van der Waals surface area contributed by atoms with Crippen molar-refractivity contribution < 1.29 is 13.6 Å². The highest BCUT2D eigenvalue weighted by atomic mass is 19.1. The maximum Gasteiger partial charge on any atom is 0.273 e. The second-order valence-corrected chi connectivity index (χ2v) is 9.37. The van der Waals surface area contributed by atoms with E-state index in [4.69, 9.17) is 9.97 Å². The number of nitrogens with one attached hydrogen (secondary N) is 4. The van der Waals surface area contributed by atoms with E-state index in [0.29, 0.717) is 34.7 Å². The number of halogens is 2. The Bertz CT molecular complexity index is 1590. The quantitative estimate of drug-likeness (QED) is 0.257. The first-order chi connectivity index (χ1) is 18.5. The number of aromatic nitrogens is 6. The van der Waals surface area contributed by atoms with Gasteiger partial charge in [-0.25, -0.2) is 18.7 Å². The Kier molecular flexibility index (Phi) is 6.24. The summed E-state index contributed by atoms with van der Waals surface area (Å²) in [5.41, 5.74) is 2.51. The third-order valence-corrected chi connectivity index (χ3v) is 6.75. The van der Waals surface area contributed by atoms with Gasteiger partial charge in [0.2, 0.25) is 0 Å². The Morgan fingerprint density at radius 2 is 1.87 bits per heavy atom. The fraction of sp³-hybridized carbons (Fsp3) is 0.222. The maximum atomic E-state index is 14.4. The number of aromatic amines is 2. The molecule has 2 aromatic carbocycles.